The molecule has 1 amide bonds. The Morgan fingerprint density at radius 2 is 1.69 bits per heavy atom. The van der Waals surface area contributed by atoms with Crippen LogP contribution in [0.15, 0.2) is 66.0 Å². The molecule has 0 saturated heterocycles. The van der Waals surface area contributed by atoms with Crippen LogP contribution in [0.1, 0.15) is 37.6 Å². The highest BCUT2D eigenvalue weighted by atomic mass is 32.1. The summed E-state index contributed by atoms with van der Waals surface area (Å²) in [6.07, 6.45) is 0.0487. The van der Waals surface area contributed by atoms with E-state index in [9.17, 15) is 9.59 Å². The third kappa shape index (κ3) is 6.26. The molecule has 0 aliphatic heterocycles. The Morgan fingerprint density at radius 1 is 1.03 bits per heavy atom. The number of nitrogens with one attached hydrogen (secondary N) is 1. The Labute approximate surface area is 174 Å². The molecule has 150 valence electrons. The summed E-state index contributed by atoms with van der Waals surface area (Å²) >= 11 is 1.51. The van der Waals surface area contributed by atoms with Crippen LogP contribution in [0.5, 0.6) is 0 Å². The smallest absolute Gasteiger partial charge is 0.308 e. The molecule has 0 aliphatic rings. The Balaban J connectivity index is 1.67. The van der Waals surface area contributed by atoms with E-state index < -0.39 is 6.04 Å². The molecule has 1 unspecified atom stereocenters. The lowest BCUT2D eigenvalue weighted by atomic mass is 10.0. The first-order chi connectivity index (χ1) is 14.0. The van der Waals surface area contributed by atoms with Gasteiger partial charge in [-0.1, -0.05) is 60.7 Å². The lowest BCUT2D eigenvalue weighted by Crippen LogP contribution is -2.32. The molecule has 6 heteroatoms. The van der Waals surface area contributed by atoms with Crippen molar-refractivity contribution in [2.75, 3.05) is 0 Å². The first-order valence-corrected chi connectivity index (χ1v) is 10.4. The maximum atomic E-state index is 12.6. The van der Waals surface area contributed by atoms with Crippen molar-refractivity contribution in [2.45, 2.75) is 38.8 Å². The second kappa shape index (κ2) is 9.98. The van der Waals surface area contributed by atoms with Crippen molar-refractivity contribution in [3.8, 4) is 10.6 Å². The zero-order valence-corrected chi connectivity index (χ0v) is 17.3. The molecule has 1 heterocycles. The van der Waals surface area contributed by atoms with E-state index in [1.165, 1.54) is 11.3 Å². The van der Waals surface area contributed by atoms with Crippen LogP contribution in [0.2, 0.25) is 0 Å². The van der Waals surface area contributed by atoms with E-state index in [0.717, 1.165) is 16.1 Å². The van der Waals surface area contributed by atoms with Crippen molar-refractivity contribution in [1.29, 1.82) is 0 Å². The third-order valence-corrected chi connectivity index (χ3v) is 5.13. The molecule has 0 radical (unpaired) electrons. The van der Waals surface area contributed by atoms with Gasteiger partial charge in [0.1, 0.15) is 5.01 Å². The molecule has 5 nitrogen and oxygen atoms in total. The van der Waals surface area contributed by atoms with Crippen LogP contribution in [-0.4, -0.2) is 23.0 Å². The van der Waals surface area contributed by atoms with Gasteiger partial charge in [-0.05, 0) is 19.4 Å². The number of hydrogen-bond acceptors (Lipinski definition) is 5. The zero-order valence-electron chi connectivity index (χ0n) is 16.5. The molecule has 0 bridgehead atoms. The zero-order chi connectivity index (χ0) is 20.6. The van der Waals surface area contributed by atoms with Crippen LogP contribution in [0.3, 0.4) is 0 Å². The van der Waals surface area contributed by atoms with Crippen molar-refractivity contribution in [3.05, 3.63) is 77.3 Å². The lowest BCUT2D eigenvalue weighted by Gasteiger charge is -2.19. The summed E-state index contributed by atoms with van der Waals surface area (Å²) in [4.78, 5) is 29.4. The molecule has 2 aromatic carbocycles. The number of esters is 1. The first kappa shape index (κ1) is 20.7. The summed E-state index contributed by atoms with van der Waals surface area (Å²) in [6, 6.07) is 18.9. The lowest BCUT2D eigenvalue weighted by molar-refractivity contribution is -0.148. The third-order valence-electron chi connectivity index (χ3n) is 4.19. The number of carbonyl (C=O) groups is 2. The number of nitrogens with zero attached hydrogens (tertiary/aromatic N) is 1. The molecule has 3 rings (SSSR count). The van der Waals surface area contributed by atoms with Gasteiger partial charge >= 0.3 is 5.97 Å². The minimum atomic E-state index is -0.442. The fourth-order valence-corrected chi connectivity index (χ4v) is 3.75. The molecule has 1 aromatic heterocycles. The maximum absolute atomic E-state index is 12.6. The molecule has 0 saturated carbocycles. The van der Waals surface area contributed by atoms with E-state index in [1.807, 2.05) is 66.0 Å². The van der Waals surface area contributed by atoms with Gasteiger partial charge in [-0.3, -0.25) is 9.59 Å². The van der Waals surface area contributed by atoms with Crippen LogP contribution in [-0.2, 0) is 20.7 Å². The van der Waals surface area contributed by atoms with Crippen LogP contribution in [0.25, 0.3) is 10.6 Å². The summed E-state index contributed by atoms with van der Waals surface area (Å²) in [6.45, 7) is 3.61. The Bertz CT molecular complexity index is 939. The van der Waals surface area contributed by atoms with Crippen molar-refractivity contribution < 1.29 is 14.3 Å². The summed E-state index contributed by atoms with van der Waals surface area (Å²) in [5.74, 6) is -0.518. The molecule has 0 aliphatic carbocycles. The van der Waals surface area contributed by atoms with Crippen LogP contribution < -0.4 is 5.32 Å². The van der Waals surface area contributed by atoms with Gasteiger partial charge in [0.15, 0.2) is 0 Å². The summed E-state index contributed by atoms with van der Waals surface area (Å²) in [5, 5.41) is 5.74. The molecule has 29 heavy (non-hydrogen) atoms. The second-order valence-electron chi connectivity index (χ2n) is 6.96. The van der Waals surface area contributed by atoms with E-state index in [2.05, 4.69) is 10.3 Å². The fraction of sp³-hybridized carbons (Fsp3) is 0.261. The maximum Gasteiger partial charge on any atom is 0.308 e. The quantitative estimate of drug-likeness (QED) is 0.555. The van der Waals surface area contributed by atoms with Crippen molar-refractivity contribution in [3.63, 3.8) is 0 Å². The van der Waals surface area contributed by atoms with E-state index >= 15 is 0 Å². The molecule has 3 aromatic rings. The predicted molar refractivity (Wildman–Crippen MR) is 114 cm³/mol. The van der Waals surface area contributed by atoms with E-state index in [4.69, 9.17) is 4.74 Å². The SMILES string of the molecule is CC(C)OC(=O)CC(NC(=O)Cc1csc(-c2ccccc2)n1)c1ccccc1. The highest BCUT2D eigenvalue weighted by Crippen LogP contribution is 2.24. The highest BCUT2D eigenvalue weighted by Gasteiger charge is 2.20. The topological polar surface area (TPSA) is 68.3 Å². The number of thiazole rings is 1. The number of rotatable bonds is 8. The standard InChI is InChI=1S/C23H24N2O3S/c1-16(2)28-22(27)14-20(17-9-5-3-6-10-17)25-21(26)13-19-15-29-23(24-19)18-11-7-4-8-12-18/h3-12,15-16,20H,13-14H2,1-2H3,(H,25,26). The number of benzene rings is 2. The number of hydrogen-bond donors (Lipinski definition) is 1. The van der Waals surface area contributed by atoms with E-state index in [0.29, 0.717) is 5.69 Å². The Kier molecular flexibility index (Phi) is 7.14. The van der Waals surface area contributed by atoms with Crippen molar-refractivity contribution in [1.82, 2.24) is 10.3 Å². The number of ether oxygens (including phenoxy) is 1. The van der Waals surface area contributed by atoms with Gasteiger partial charge in [-0.25, -0.2) is 4.98 Å². The van der Waals surface area contributed by atoms with Gasteiger partial charge in [0, 0.05) is 10.9 Å². The normalized spacial score (nSPS) is 11.8. The van der Waals surface area contributed by atoms with Gasteiger partial charge in [-0.2, -0.15) is 0 Å². The molecular formula is C23H24N2O3S. The first-order valence-electron chi connectivity index (χ1n) is 9.55. The predicted octanol–water partition coefficient (Wildman–Crippen LogP) is 4.55. The van der Waals surface area contributed by atoms with E-state index in [1.54, 1.807) is 13.8 Å². The van der Waals surface area contributed by atoms with E-state index in [-0.39, 0.29) is 30.8 Å². The minimum absolute atomic E-state index is 0.0836. The molecule has 0 fully saturated rings. The number of carbonyl (C=O) groups excluding carboxylic acids is 2. The van der Waals surface area contributed by atoms with Gasteiger partial charge in [-0.15, -0.1) is 11.3 Å². The fourth-order valence-electron chi connectivity index (χ4n) is 2.93. The molecular weight excluding hydrogens is 384 g/mol. The summed E-state index contributed by atoms with van der Waals surface area (Å²) in [7, 11) is 0. The monoisotopic (exact) mass is 408 g/mol. The molecule has 0 spiro atoms. The largest absolute Gasteiger partial charge is 0.463 e. The van der Waals surface area contributed by atoms with Crippen molar-refractivity contribution in [2.24, 2.45) is 0 Å². The number of aromatic nitrogens is 1. The average Bonchev–Trinajstić information content (AvgIpc) is 3.16. The summed E-state index contributed by atoms with van der Waals surface area (Å²) < 4.78 is 5.25. The average molecular weight is 409 g/mol. The van der Waals surface area contributed by atoms with Gasteiger partial charge < -0.3 is 10.1 Å². The Hall–Kier alpha value is -2.99. The van der Waals surface area contributed by atoms with Crippen LogP contribution in [0.4, 0.5) is 0 Å². The van der Waals surface area contributed by atoms with Crippen molar-refractivity contribution >= 4 is 23.2 Å². The minimum Gasteiger partial charge on any atom is -0.463 e. The molecule has 1 N–H and O–H groups in total. The summed E-state index contributed by atoms with van der Waals surface area (Å²) in [5.41, 5.74) is 2.61. The number of amides is 1. The highest BCUT2D eigenvalue weighted by molar-refractivity contribution is 7.13. The van der Waals surface area contributed by atoms with Gasteiger partial charge in [0.2, 0.25) is 5.91 Å². The Morgan fingerprint density at radius 3 is 2.34 bits per heavy atom. The van der Waals surface area contributed by atoms with Gasteiger partial charge in [0.05, 0.1) is 30.7 Å². The van der Waals surface area contributed by atoms with Crippen LogP contribution in [0, 0.1) is 0 Å². The second-order valence-corrected chi connectivity index (χ2v) is 7.82. The van der Waals surface area contributed by atoms with Gasteiger partial charge in [0.25, 0.3) is 0 Å². The molecule has 1 atom stereocenters. The van der Waals surface area contributed by atoms with Crippen LogP contribution >= 0.6 is 11.3 Å².